The van der Waals surface area contributed by atoms with Crippen LogP contribution in [-0.2, 0) is 27.4 Å². The van der Waals surface area contributed by atoms with Crippen LogP contribution in [0.1, 0.15) is 55.9 Å². The molecule has 0 aromatic heterocycles. The number of unbranched alkanes of at least 4 members (excludes halogenated alkanes) is 2. The zero-order valence-corrected chi connectivity index (χ0v) is 24.6. The number of fused-ring (bicyclic) bond motifs is 1. The topological polar surface area (TPSA) is 110 Å². The van der Waals surface area contributed by atoms with Crippen LogP contribution in [0.25, 0.3) is 0 Å². The molecule has 0 saturated carbocycles. The van der Waals surface area contributed by atoms with Gasteiger partial charge in [-0.25, -0.2) is 4.79 Å². The molecule has 9 heteroatoms. The van der Waals surface area contributed by atoms with Gasteiger partial charge in [-0.1, -0.05) is 36.4 Å². The van der Waals surface area contributed by atoms with Gasteiger partial charge >= 0.3 is 6.03 Å². The van der Waals surface area contributed by atoms with E-state index in [9.17, 15) is 9.90 Å². The van der Waals surface area contributed by atoms with Crippen LogP contribution >= 0.6 is 0 Å². The number of hydrogen-bond acceptors (Lipinski definition) is 7. The highest BCUT2D eigenvalue weighted by Crippen LogP contribution is 2.32. The number of carbonyl (C=O) groups is 1. The lowest BCUT2D eigenvalue weighted by Crippen LogP contribution is -2.35. The number of anilines is 2. The van der Waals surface area contributed by atoms with Crippen LogP contribution in [0.4, 0.5) is 16.2 Å². The Labute approximate surface area is 248 Å². The Morgan fingerprint density at radius 1 is 0.905 bits per heavy atom. The summed E-state index contributed by atoms with van der Waals surface area (Å²) in [5.41, 5.74) is 4.24. The van der Waals surface area contributed by atoms with Gasteiger partial charge < -0.3 is 40.0 Å². The third kappa shape index (κ3) is 10.7. The van der Waals surface area contributed by atoms with Crippen molar-refractivity contribution in [1.29, 1.82) is 0 Å². The third-order valence-corrected chi connectivity index (χ3v) is 6.74. The maximum Gasteiger partial charge on any atom is 0.323 e. The number of rotatable bonds is 16. The first-order chi connectivity index (χ1) is 20.4. The molecule has 1 aliphatic heterocycles. The molecule has 0 unspecified atom stereocenters. The van der Waals surface area contributed by atoms with Gasteiger partial charge in [0.15, 0.2) is 0 Å². The number of aliphatic hydroxyl groups is 1. The zero-order valence-electron chi connectivity index (χ0n) is 24.6. The van der Waals surface area contributed by atoms with Crippen LogP contribution in [0, 0.1) is 0 Å². The van der Waals surface area contributed by atoms with Gasteiger partial charge in [0.1, 0.15) is 5.75 Å². The molecule has 3 aromatic carbocycles. The minimum Gasteiger partial charge on any atom is -0.463 e. The highest BCUT2D eigenvalue weighted by Gasteiger charge is 2.27. The van der Waals surface area contributed by atoms with Crippen molar-refractivity contribution in [1.82, 2.24) is 5.32 Å². The summed E-state index contributed by atoms with van der Waals surface area (Å²) in [5, 5.41) is 19.5. The summed E-state index contributed by atoms with van der Waals surface area (Å²) >= 11 is 0. The first-order valence-electron chi connectivity index (χ1n) is 14.6. The molecule has 1 atom stereocenters. The molecule has 0 radical (unpaired) electrons. The number of benzene rings is 3. The summed E-state index contributed by atoms with van der Waals surface area (Å²) in [4.78, 5) is 12.2. The number of nitrogens with one attached hydrogen (secondary N) is 3. The Bertz CT molecular complexity index is 1250. The zero-order chi connectivity index (χ0) is 29.6. The Balaban J connectivity index is 0.988. The number of ether oxygens (including phenoxy) is 4. The van der Waals surface area contributed by atoms with Crippen molar-refractivity contribution < 1.29 is 28.8 Å². The molecule has 1 aliphatic rings. The summed E-state index contributed by atoms with van der Waals surface area (Å²) in [6.45, 7) is 7.78. The van der Waals surface area contributed by atoms with Crippen molar-refractivity contribution in [2.75, 3.05) is 43.5 Å². The molecule has 4 rings (SSSR count). The number of urea groups is 1. The van der Waals surface area contributed by atoms with Crippen molar-refractivity contribution in [2.45, 2.75) is 58.2 Å². The van der Waals surface area contributed by atoms with Crippen LogP contribution < -0.4 is 20.7 Å². The highest BCUT2D eigenvalue weighted by atomic mass is 16.7. The van der Waals surface area contributed by atoms with Crippen LogP contribution in [0.15, 0.2) is 72.8 Å². The first kappa shape index (κ1) is 31.5. The molecule has 4 N–H and O–H groups in total. The largest absolute Gasteiger partial charge is 0.463 e. The second-order valence-electron chi connectivity index (χ2n) is 10.7. The maximum atomic E-state index is 12.2. The van der Waals surface area contributed by atoms with Crippen molar-refractivity contribution in [3.05, 3.63) is 89.5 Å². The Morgan fingerprint density at radius 2 is 1.69 bits per heavy atom. The minimum absolute atomic E-state index is 0.290. The molecule has 9 nitrogen and oxygen atoms in total. The standard InChI is InChI=1S/C33H43N3O6/c1-33(2)41-24-27-21-26(14-15-31(27)42-33)30(37)22-34-16-7-4-8-17-39-18-19-40-23-25-10-9-13-29(20-25)36-32(38)35-28-11-5-3-6-12-28/h3,5-6,9-15,20-21,30,34,37H,4,7-8,16-19,22-24H2,1-2H3,(H2,35,36,38)/t30-/m1/s1. The third-order valence-electron chi connectivity index (χ3n) is 6.74. The van der Waals surface area contributed by atoms with Crippen LogP contribution in [-0.4, -0.2) is 49.8 Å². The summed E-state index contributed by atoms with van der Waals surface area (Å²) < 4.78 is 22.9. The van der Waals surface area contributed by atoms with E-state index in [2.05, 4.69) is 16.0 Å². The fraction of sp³-hybridized carbons (Fsp3) is 0.424. The number of aliphatic hydroxyl groups excluding tert-OH is 1. The quantitative estimate of drug-likeness (QED) is 0.155. The summed E-state index contributed by atoms with van der Waals surface area (Å²) in [6, 6.07) is 22.4. The van der Waals surface area contributed by atoms with E-state index in [1.54, 1.807) is 0 Å². The Hall–Kier alpha value is -3.47. The average Bonchev–Trinajstić information content (AvgIpc) is 2.97. The van der Waals surface area contributed by atoms with Crippen molar-refractivity contribution in [3.8, 4) is 5.75 Å². The predicted octanol–water partition coefficient (Wildman–Crippen LogP) is 6.00. The van der Waals surface area contributed by atoms with Crippen LogP contribution in [0.5, 0.6) is 5.75 Å². The minimum atomic E-state index is -0.620. The SMILES string of the molecule is CC1(C)OCc2cc([C@H](O)CNCCCCCOCCOCc3cccc(NC(=O)Nc4ccccc4)c3)ccc2O1. The van der Waals surface area contributed by atoms with E-state index < -0.39 is 11.9 Å². The molecule has 0 spiro atoms. The first-order valence-corrected chi connectivity index (χ1v) is 14.6. The summed E-state index contributed by atoms with van der Waals surface area (Å²) in [7, 11) is 0. The molecule has 2 amide bonds. The van der Waals surface area contributed by atoms with Crippen molar-refractivity contribution in [3.63, 3.8) is 0 Å². The molecule has 0 bridgehead atoms. The van der Waals surface area contributed by atoms with Gasteiger partial charge in [-0.15, -0.1) is 0 Å². The number of para-hydroxylation sites is 1. The Kier molecular flexibility index (Phi) is 12.2. The van der Waals surface area contributed by atoms with Gasteiger partial charge in [-0.05, 0) is 73.3 Å². The van der Waals surface area contributed by atoms with Gasteiger partial charge in [0.05, 0.1) is 32.5 Å². The van der Waals surface area contributed by atoms with Gasteiger partial charge in [-0.2, -0.15) is 0 Å². The Morgan fingerprint density at radius 3 is 2.55 bits per heavy atom. The van der Waals surface area contributed by atoms with Crippen molar-refractivity contribution >= 4 is 17.4 Å². The number of hydrogen-bond donors (Lipinski definition) is 4. The van der Waals surface area contributed by atoms with Gasteiger partial charge in [0.2, 0.25) is 5.79 Å². The normalized spacial score (nSPS) is 14.5. The lowest BCUT2D eigenvalue weighted by Gasteiger charge is -2.33. The van der Waals surface area contributed by atoms with E-state index in [-0.39, 0.29) is 6.03 Å². The lowest BCUT2D eigenvalue weighted by atomic mass is 10.0. The smallest absolute Gasteiger partial charge is 0.323 e. The lowest BCUT2D eigenvalue weighted by molar-refractivity contribution is -0.180. The number of carbonyl (C=O) groups excluding carboxylic acids is 1. The van der Waals surface area contributed by atoms with E-state index in [1.807, 2.05) is 86.6 Å². The van der Waals surface area contributed by atoms with Crippen LogP contribution in [0.2, 0.25) is 0 Å². The second kappa shape index (κ2) is 16.2. The molecule has 0 aliphatic carbocycles. The van der Waals surface area contributed by atoms with E-state index >= 15 is 0 Å². The second-order valence-corrected chi connectivity index (χ2v) is 10.7. The van der Waals surface area contributed by atoms with Gasteiger partial charge in [0, 0.05) is 43.9 Å². The van der Waals surface area contributed by atoms with E-state index in [1.165, 1.54) is 0 Å². The summed E-state index contributed by atoms with van der Waals surface area (Å²) in [5.74, 6) is 0.193. The van der Waals surface area contributed by atoms with E-state index in [4.69, 9.17) is 18.9 Å². The van der Waals surface area contributed by atoms with E-state index in [0.29, 0.717) is 45.3 Å². The van der Waals surface area contributed by atoms with Crippen LogP contribution in [0.3, 0.4) is 0 Å². The fourth-order valence-electron chi connectivity index (χ4n) is 4.52. The molecule has 1 heterocycles. The molecular weight excluding hydrogens is 534 g/mol. The fourth-order valence-corrected chi connectivity index (χ4v) is 4.52. The van der Waals surface area contributed by atoms with Gasteiger partial charge in [0.25, 0.3) is 0 Å². The molecular formula is C33H43N3O6. The maximum absolute atomic E-state index is 12.2. The molecule has 0 fully saturated rings. The molecule has 3 aromatic rings. The van der Waals surface area contributed by atoms with Crippen molar-refractivity contribution in [2.24, 2.45) is 0 Å². The summed E-state index contributed by atoms with van der Waals surface area (Å²) in [6.07, 6.45) is 2.46. The van der Waals surface area contributed by atoms with E-state index in [0.717, 1.165) is 53.9 Å². The average molecular weight is 578 g/mol. The predicted molar refractivity (Wildman–Crippen MR) is 164 cm³/mol. The highest BCUT2D eigenvalue weighted by molar-refractivity contribution is 5.99. The molecule has 42 heavy (non-hydrogen) atoms. The monoisotopic (exact) mass is 577 g/mol. The van der Waals surface area contributed by atoms with Gasteiger partial charge in [-0.3, -0.25) is 0 Å². The number of amides is 2. The molecule has 226 valence electrons. The molecule has 0 saturated heterocycles.